The van der Waals surface area contributed by atoms with Gasteiger partial charge in [0.25, 0.3) is 11.8 Å². The molecule has 0 bridgehead atoms. The Morgan fingerprint density at radius 3 is 2.56 bits per heavy atom. The largest absolute Gasteiger partial charge is 0.484 e. The van der Waals surface area contributed by atoms with Crippen molar-refractivity contribution in [1.29, 1.82) is 0 Å². The van der Waals surface area contributed by atoms with E-state index in [0.717, 1.165) is 4.47 Å². The van der Waals surface area contributed by atoms with Gasteiger partial charge in [0.2, 0.25) is 0 Å². The number of halogens is 2. The van der Waals surface area contributed by atoms with E-state index in [1.807, 2.05) is 0 Å². The number of para-hydroxylation sites is 1. The number of hydrogen-bond donors (Lipinski definition) is 2. The molecule has 1 aromatic heterocycles. The van der Waals surface area contributed by atoms with Crippen molar-refractivity contribution in [2.24, 2.45) is 0 Å². The minimum Gasteiger partial charge on any atom is -0.484 e. The van der Waals surface area contributed by atoms with Crippen LogP contribution in [0.3, 0.4) is 0 Å². The number of carbonyl (C=O) groups is 2. The summed E-state index contributed by atoms with van der Waals surface area (Å²) < 4.78 is 21.2. The summed E-state index contributed by atoms with van der Waals surface area (Å²) >= 11 is 3.30. The van der Waals surface area contributed by atoms with E-state index in [9.17, 15) is 14.0 Å². The van der Waals surface area contributed by atoms with Crippen LogP contribution < -0.4 is 15.6 Å². The maximum absolute atomic E-state index is 13.8. The second-order valence-electron chi connectivity index (χ2n) is 5.34. The van der Waals surface area contributed by atoms with Gasteiger partial charge in [-0.3, -0.25) is 20.4 Å². The second kappa shape index (κ2) is 8.45. The van der Waals surface area contributed by atoms with Gasteiger partial charge in [-0.05, 0) is 42.5 Å². The van der Waals surface area contributed by atoms with Crippen LogP contribution in [0.25, 0.3) is 5.69 Å². The van der Waals surface area contributed by atoms with Gasteiger partial charge < -0.3 is 4.74 Å². The van der Waals surface area contributed by atoms with E-state index in [1.54, 1.807) is 36.4 Å². The highest BCUT2D eigenvalue weighted by molar-refractivity contribution is 9.10. The zero-order chi connectivity index (χ0) is 19.2. The molecular formula is C18H14BrFN4O3. The van der Waals surface area contributed by atoms with Crippen molar-refractivity contribution in [2.45, 2.75) is 0 Å². The number of rotatable bonds is 5. The van der Waals surface area contributed by atoms with E-state index in [2.05, 4.69) is 31.9 Å². The van der Waals surface area contributed by atoms with Crippen LogP contribution in [-0.2, 0) is 4.79 Å². The van der Waals surface area contributed by atoms with Crippen LogP contribution in [0, 0.1) is 5.82 Å². The average molecular weight is 433 g/mol. The molecule has 0 spiro atoms. The van der Waals surface area contributed by atoms with Crippen molar-refractivity contribution in [3.05, 3.63) is 76.8 Å². The van der Waals surface area contributed by atoms with Gasteiger partial charge in [-0.25, -0.2) is 9.07 Å². The Kier molecular flexibility index (Phi) is 5.82. The van der Waals surface area contributed by atoms with Crippen LogP contribution in [0.2, 0.25) is 0 Å². The van der Waals surface area contributed by atoms with Crippen LogP contribution in [0.5, 0.6) is 5.75 Å². The lowest BCUT2D eigenvalue weighted by molar-refractivity contribution is -0.123. The third kappa shape index (κ3) is 4.91. The summed E-state index contributed by atoms with van der Waals surface area (Å²) in [6.45, 7) is -0.272. The first-order valence-corrected chi connectivity index (χ1v) is 8.60. The molecule has 0 fully saturated rings. The van der Waals surface area contributed by atoms with E-state index in [4.69, 9.17) is 4.74 Å². The van der Waals surface area contributed by atoms with Gasteiger partial charge in [0, 0.05) is 10.7 Å². The van der Waals surface area contributed by atoms with Gasteiger partial charge in [-0.15, -0.1) is 0 Å². The Balaban J connectivity index is 1.51. The highest BCUT2D eigenvalue weighted by Crippen LogP contribution is 2.16. The fourth-order valence-corrected chi connectivity index (χ4v) is 2.39. The van der Waals surface area contributed by atoms with Crippen molar-refractivity contribution >= 4 is 27.7 Å². The first-order valence-electron chi connectivity index (χ1n) is 7.81. The molecule has 2 amide bonds. The number of benzene rings is 2. The Bertz CT molecular complexity index is 959. The maximum atomic E-state index is 13.8. The monoisotopic (exact) mass is 432 g/mol. The SMILES string of the molecule is O=C(COc1ccc(Br)cc1)NNC(=O)c1ccn(-c2ccccc2F)n1. The fourth-order valence-electron chi connectivity index (χ4n) is 2.12. The topological polar surface area (TPSA) is 85.3 Å². The van der Waals surface area contributed by atoms with Gasteiger partial charge in [0.05, 0.1) is 0 Å². The van der Waals surface area contributed by atoms with E-state index in [1.165, 1.54) is 29.1 Å². The number of hydrogen-bond acceptors (Lipinski definition) is 4. The van der Waals surface area contributed by atoms with E-state index in [0.29, 0.717) is 5.75 Å². The van der Waals surface area contributed by atoms with E-state index in [-0.39, 0.29) is 18.0 Å². The van der Waals surface area contributed by atoms with Gasteiger partial charge in [-0.1, -0.05) is 28.1 Å². The fraction of sp³-hybridized carbons (Fsp3) is 0.0556. The summed E-state index contributed by atoms with van der Waals surface area (Å²) in [5, 5.41) is 4.00. The molecule has 0 aliphatic rings. The van der Waals surface area contributed by atoms with Gasteiger partial charge >= 0.3 is 0 Å². The van der Waals surface area contributed by atoms with Crippen LogP contribution in [0.4, 0.5) is 4.39 Å². The molecule has 0 atom stereocenters. The van der Waals surface area contributed by atoms with Crippen molar-refractivity contribution < 1.29 is 18.7 Å². The molecule has 0 aliphatic carbocycles. The molecule has 9 heteroatoms. The summed E-state index contributed by atoms with van der Waals surface area (Å²) in [6.07, 6.45) is 1.45. The molecule has 0 saturated carbocycles. The Morgan fingerprint density at radius 2 is 1.81 bits per heavy atom. The van der Waals surface area contributed by atoms with Crippen molar-refractivity contribution in [1.82, 2.24) is 20.6 Å². The number of amides is 2. The lowest BCUT2D eigenvalue weighted by Crippen LogP contribution is -2.44. The minimum absolute atomic E-state index is 0.0207. The molecule has 0 radical (unpaired) electrons. The normalized spacial score (nSPS) is 10.3. The number of hydrazine groups is 1. The predicted molar refractivity (Wildman–Crippen MR) is 98.8 cm³/mol. The Hall–Kier alpha value is -3.20. The molecule has 3 rings (SSSR count). The van der Waals surface area contributed by atoms with Crippen molar-refractivity contribution in [3.63, 3.8) is 0 Å². The third-order valence-electron chi connectivity index (χ3n) is 3.42. The molecule has 27 heavy (non-hydrogen) atoms. The molecule has 3 aromatic rings. The zero-order valence-corrected chi connectivity index (χ0v) is 15.4. The third-order valence-corrected chi connectivity index (χ3v) is 3.95. The summed E-state index contributed by atoms with van der Waals surface area (Å²) in [5.41, 5.74) is 4.69. The molecular weight excluding hydrogens is 419 g/mol. The highest BCUT2D eigenvalue weighted by Gasteiger charge is 2.13. The van der Waals surface area contributed by atoms with E-state index >= 15 is 0 Å². The number of ether oxygens (including phenoxy) is 1. The zero-order valence-electron chi connectivity index (χ0n) is 13.9. The molecule has 0 unspecified atom stereocenters. The van der Waals surface area contributed by atoms with Crippen LogP contribution >= 0.6 is 15.9 Å². The minimum atomic E-state index is -0.637. The predicted octanol–water partition coefficient (Wildman–Crippen LogP) is 2.61. The summed E-state index contributed by atoms with van der Waals surface area (Å²) in [7, 11) is 0. The average Bonchev–Trinajstić information content (AvgIpc) is 3.16. The van der Waals surface area contributed by atoms with Crippen molar-refractivity contribution in [3.8, 4) is 11.4 Å². The first kappa shape index (κ1) is 18.6. The number of nitrogens with one attached hydrogen (secondary N) is 2. The molecule has 2 aromatic carbocycles. The molecule has 0 saturated heterocycles. The number of carbonyl (C=O) groups excluding carboxylic acids is 2. The second-order valence-corrected chi connectivity index (χ2v) is 6.26. The van der Waals surface area contributed by atoms with Crippen LogP contribution in [-0.4, -0.2) is 28.2 Å². The smallest absolute Gasteiger partial charge is 0.290 e. The van der Waals surface area contributed by atoms with Crippen LogP contribution in [0.1, 0.15) is 10.5 Å². The van der Waals surface area contributed by atoms with E-state index < -0.39 is 17.6 Å². The molecule has 138 valence electrons. The van der Waals surface area contributed by atoms with Gasteiger partial charge in [0.1, 0.15) is 17.3 Å². The highest BCUT2D eigenvalue weighted by atomic mass is 79.9. The van der Waals surface area contributed by atoms with Crippen molar-refractivity contribution in [2.75, 3.05) is 6.61 Å². The molecule has 1 heterocycles. The summed E-state index contributed by atoms with van der Waals surface area (Å²) in [4.78, 5) is 23.8. The number of nitrogens with zero attached hydrogens (tertiary/aromatic N) is 2. The summed E-state index contributed by atoms with van der Waals surface area (Å²) in [6, 6.07) is 14.4. The van der Waals surface area contributed by atoms with Gasteiger partial charge in [0.15, 0.2) is 12.3 Å². The quantitative estimate of drug-likeness (QED) is 0.606. The summed E-state index contributed by atoms with van der Waals surface area (Å²) in [5.74, 6) is -1.13. The molecule has 2 N–H and O–H groups in total. The van der Waals surface area contributed by atoms with Crippen LogP contribution in [0.15, 0.2) is 65.3 Å². The Morgan fingerprint density at radius 1 is 1.07 bits per heavy atom. The maximum Gasteiger partial charge on any atom is 0.290 e. The molecule has 7 nitrogen and oxygen atoms in total. The Labute approximate surface area is 162 Å². The van der Waals surface area contributed by atoms with Gasteiger partial charge in [-0.2, -0.15) is 5.10 Å². The standard InChI is InChI=1S/C18H14BrFN4O3/c19-12-5-7-13(8-6-12)27-11-17(25)21-22-18(26)15-9-10-24(23-15)16-4-2-1-3-14(16)20/h1-10H,11H2,(H,21,25)(H,22,26). The first-order chi connectivity index (χ1) is 13.0. The number of aromatic nitrogens is 2. The lowest BCUT2D eigenvalue weighted by atomic mass is 10.3. The molecule has 0 aliphatic heterocycles. The lowest BCUT2D eigenvalue weighted by Gasteiger charge is -2.08.